The smallest absolute Gasteiger partial charge is 0.177 e. The van der Waals surface area contributed by atoms with Gasteiger partial charge in [-0.15, -0.1) is 23.7 Å². The highest BCUT2D eigenvalue weighted by molar-refractivity contribution is 7.13. The second kappa shape index (κ2) is 6.52. The molecule has 1 atom stereocenters. The van der Waals surface area contributed by atoms with Gasteiger partial charge in [0.1, 0.15) is 0 Å². The third kappa shape index (κ3) is 3.36. The normalized spacial score (nSPS) is 18.7. The molecule has 0 saturated carbocycles. The minimum absolute atomic E-state index is 0. The molecule has 1 fully saturated rings. The van der Waals surface area contributed by atoms with E-state index in [1.54, 1.807) is 11.3 Å². The van der Waals surface area contributed by atoms with Crippen molar-refractivity contribution in [3.8, 4) is 10.6 Å². The van der Waals surface area contributed by atoms with E-state index in [1.807, 2.05) is 17.5 Å². The van der Waals surface area contributed by atoms with Gasteiger partial charge in [-0.3, -0.25) is 4.90 Å². The highest BCUT2D eigenvalue weighted by atomic mass is 35.5. The van der Waals surface area contributed by atoms with E-state index in [2.05, 4.69) is 28.5 Å². The Morgan fingerprint density at radius 1 is 1.58 bits per heavy atom. The number of halogens is 1. The zero-order chi connectivity index (χ0) is 12.4. The quantitative estimate of drug-likeness (QED) is 0.942. The van der Waals surface area contributed by atoms with E-state index in [0.717, 1.165) is 36.0 Å². The van der Waals surface area contributed by atoms with Crippen LogP contribution in [0.4, 0.5) is 0 Å². The summed E-state index contributed by atoms with van der Waals surface area (Å²) in [5, 5.41) is 9.59. The molecule has 4 nitrogen and oxygen atoms in total. The lowest BCUT2D eigenvalue weighted by atomic mass is 10.2. The lowest BCUT2D eigenvalue weighted by molar-refractivity contribution is 0.241. The Bertz CT molecular complexity index is 494. The van der Waals surface area contributed by atoms with Gasteiger partial charge < -0.3 is 9.84 Å². The molecule has 0 bridgehead atoms. The number of rotatable bonds is 4. The molecule has 0 spiro atoms. The van der Waals surface area contributed by atoms with Crippen LogP contribution in [0.25, 0.3) is 10.6 Å². The third-order valence-corrected chi connectivity index (χ3v) is 4.28. The lowest BCUT2D eigenvalue weighted by Crippen LogP contribution is -2.32. The Balaban J connectivity index is 0.00000133. The minimum Gasteiger partial charge on any atom is -0.355 e. The topological polar surface area (TPSA) is 41.3 Å². The summed E-state index contributed by atoms with van der Waals surface area (Å²) in [5.41, 5.74) is 1.01. The monoisotopic (exact) mass is 299 g/mol. The molecule has 3 heterocycles. The molecule has 2 aromatic heterocycles. The van der Waals surface area contributed by atoms with Crippen LogP contribution in [0.3, 0.4) is 0 Å². The predicted octanol–water partition coefficient (Wildman–Crippen LogP) is 2.62. The summed E-state index contributed by atoms with van der Waals surface area (Å²) < 4.78 is 5.39. The summed E-state index contributed by atoms with van der Waals surface area (Å²) in [7, 11) is 2.15. The lowest BCUT2D eigenvalue weighted by Gasteiger charge is -2.21. The first-order valence-corrected chi connectivity index (χ1v) is 7.11. The van der Waals surface area contributed by atoms with Gasteiger partial charge in [0.25, 0.3) is 0 Å². The number of nitrogens with one attached hydrogen (secondary N) is 1. The van der Waals surface area contributed by atoms with Crippen molar-refractivity contribution in [1.82, 2.24) is 15.4 Å². The fourth-order valence-corrected chi connectivity index (χ4v) is 2.99. The van der Waals surface area contributed by atoms with Crippen molar-refractivity contribution in [2.75, 3.05) is 20.1 Å². The zero-order valence-corrected chi connectivity index (χ0v) is 12.5. The first kappa shape index (κ1) is 14.5. The molecule has 104 valence electrons. The molecule has 0 radical (unpaired) electrons. The van der Waals surface area contributed by atoms with Crippen molar-refractivity contribution in [3.63, 3.8) is 0 Å². The molecule has 2 aromatic rings. The number of nitrogens with zero attached hydrogens (tertiary/aromatic N) is 2. The maximum Gasteiger partial charge on any atom is 0.177 e. The van der Waals surface area contributed by atoms with Crippen LogP contribution in [-0.2, 0) is 6.54 Å². The molecule has 0 aromatic carbocycles. The minimum atomic E-state index is 0. The number of likely N-dealkylation sites (N-methyl/N-ethyl adjacent to an activating group) is 1. The first-order chi connectivity index (χ1) is 8.83. The largest absolute Gasteiger partial charge is 0.355 e. The van der Waals surface area contributed by atoms with E-state index in [9.17, 15) is 0 Å². The van der Waals surface area contributed by atoms with Gasteiger partial charge in [0.2, 0.25) is 0 Å². The van der Waals surface area contributed by atoms with Gasteiger partial charge in [0.15, 0.2) is 5.76 Å². The SMILES string of the molecule is CN(Cc1cc(-c2cccs2)on1)C1CCNC1.Cl. The van der Waals surface area contributed by atoms with Crippen LogP contribution in [-0.4, -0.2) is 36.2 Å². The molecule has 0 aliphatic carbocycles. The molecule has 1 N–H and O–H groups in total. The van der Waals surface area contributed by atoms with Gasteiger partial charge in [0, 0.05) is 25.2 Å². The number of hydrogen-bond acceptors (Lipinski definition) is 5. The Hall–Kier alpha value is -0.880. The van der Waals surface area contributed by atoms with Crippen LogP contribution >= 0.6 is 23.7 Å². The number of hydrogen-bond donors (Lipinski definition) is 1. The van der Waals surface area contributed by atoms with E-state index in [-0.39, 0.29) is 12.4 Å². The first-order valence-electron chi connectivity index (χ1n) is 6.23. The van der Waals surface area contributed by atoms with Gasteiger partial charge in [-0.2, -0.15) is 0 Å². The van der Waals surface area contributed by atoms with Crippen LogP contribution in [0, 0.1) is 0 Å². The second-order valence-electron chi connectivity index (χ2n) is 4.72. The Morgan fingerprint density at radius 3 is 3.16 bits per heavy atom. The van der Waals surface area contributed by atoms with Crippen LogP contribution in [0.15, 0.2) is 28.1 Å². The van der Waals surface area contributed by atoms with Crippen molar-refractivity contribution in [3.05, 3.63) is 29.3 Å². The summed E-state index contributed by atoms with van der Waals surface area (Å²) in [4.78, 5) is 3.48. The maximum absolute atomic E-state index is 5.39. The van der Waals surface area contributed by atoms with Crippen LogP contribution in [0.1, 0.15) is 12.1 Å². The molecule has 1 unspecified atom stereocenters. The van der Waals surface area contributed by atoms with Crippen LogP contribution in [0.2, 0.25) is 0 Å². The predicted molar refractivity (Wildman–Crippen MR) is 79.8 cm³/mol. The summed E-state index contributed by atoms with van der Waals surface area (Å²) in [5.74, 6) is 0.873. The molecule has 6 heteroatoms. The van der Waals surface area contributed by atoms with Crippen molar-refractivity contribution < 1.29 is 4.52 Å². The van der Waals surface area contributed by atoms with E-state index in [4.69, 9.17) is 4.52 Å². The molecule has 3 rings (SSSR count). The number of thiophene rings is 1. The van der Waals surface area contributed by atoms with E-state index in [0.29, 0.717) is 6.04 Å². The second-order valence-corrected chi connectivity index (χ2v) is 5.67. The Morgan fingerprint density at radius 2 is 2.47 bits per heavy atom. The average molecular weight is 300 g/mol. The Kier molecular flexibility index (Phi) is 4.99. The van der Waals surface area contributed by atoms with E-state index in [1.165, 1.54) is 6.42 Å². The summed E-state index contributed by atoms with van der Waals surface area (Å²) in [6.45, 7) is 3.04. The standard InChI is InChI=1S/C13H17N3OS.ClH/c1-16(11-4-5-14-8-11)9-10-7-12(17-15-10)13-3-2-6-18-13;/h2-3,6-7,11,14H,4-5,8-9H2,1H3;1H. The van der Waals surface area contributed by atoms with Crippen molar-refractivity contribution in [1.29, 1.82) is 0 Å². The highest BCUT2D eigenvalue weighted by Gasteiger charge is 2.20. The average Bonchev–Trinajstić information content (AvgIpc) is 3.12. The third-order valence-electron chi connectivity index (χ3n) is 3.39. The fraction of sp³-hybridized carbons (Fsp3) is 0.462. The van der Waals surface area contributed by atoms with E-state index >= 15 is 0 Å². The number of aromatic nitrogens is 1. The van der Waals surface area contributed by atoms with E-state index < -0.39 is 0 Å². The van der Waals surface area contributed by atoms with Gasteiger partial charge in [-0.1, -0.05) is 11.2 Å². The molecular formula is C13H18ClN3OS. The Labute approximate surface area is 123 Å². The van der Waals surface area contributed by atoms with Crippen LogP contribution < -0.4 is 5.32 Å². The van der Waals surface area contributed by atoms with Gasteiger partial charge in [-0.25, -0.2) is 0 Å². The van der Waals surface area contributed by atoms with Crippen molar-refractivity contribution >= 4 is 23.7 Å². The summed E-state index contributed by atoms with van der Waals surface area (Å²) in [6.07, 6.45) is 1.21. The van der Waals surface area contributed by atoms with Gasteiger partial charge in [-0.05, 0) is 31.5 Å². The molecule has 0 amide bonds. The molecule has 1 saturated heterocycles. The molecule has 1 aliphatic rings. The maximum atomic E-state index is 5.39. The van der Waals surface area contributed by atoms with Crippen molar-refractivity contribution in [2.24, 2.45) is 0 Å². The van der Waals surface area contributed by atoms with Gasteiger partial charge >= 0.3 is 0 Å². The summed E-state index contributed by atoms with van der Waals surface area (Å²) >= 11 is 1.68. The van der Waals surface area contributed by atoms with Crippen molar-refractivity contribution in [2.45, 2.75) is 19.0 Å². The molecular weight excluding hydrogens is 282 g/mol. The summed E-state index contributed by atoms with van der Waals surface area (Å²) in [6, 6.07) is 6.75. The zero-order valence-electron chi connectivity index (χ0n) is 10.8. The van der Waals surface area contributed by atoms with Gasteiger partial charge in [0.05, 0.1) is 10.6 Å². The molecule has 1 aliphatic heterocycles. The van der Waals surface area contributed by atoms with Crippen LogP contribution in [0.5, 0.6) is 0 Å². The molecule has 19 heavy (non-hydrogen) atoms. The highest BCUT2D eigenvalue weighted by Crippen LogP contribution is 2.25. The fourth-order valence-electron chi connectivity index (χ4n) is 2.32.